The van der Waals surface area contributed by atoms with E-state index in [1.54, 1.807) is 6.92 Å². The molecular formula is C31H29N2O3PS. The molecule has 0 N–H and O–H groups in total. The number of aromatic nitrogens is 1. The van der Waals surface area contributed by atoms with Crippen molar-refractivity contribution in [3.05, 3.63) is 105 Å². The highest BCUT2D eigenvalue weighted by atomic mass is 32.1. The molecule has 2 aromatic heterocycles. The van der Waals surface area contributed by atoms with Gasteiger partial charge in [0.25, 0.3) is 0 Å². The average Bonchev–Trinajstić information content (AvgIpc) is 3.56. The third-order valence-electron chi connectivity index (χ3n) is 6.53. The fraction of sp³-hybridized carbons (Fsp3) is 0.194. The number of benzene rings is 3. The maximum Gasteiger partial charge on any atom is 0.202 e. The summed E-state index contributed by atoms with van der Waals surface area (Å²) in [6.45, 7) is 7.59. The molecule has 5 nitrogen and oxygen atoms in total. The Morgan fingerprint density at radius 2 is 1.66 bits per heavy atom. The Hall–Kier alpha value is -3.44. The van der Waals surface area contributed by atoms with Gasteiger partial charge in [-0.1, -0.05) is 36.4 Å². The number of fused-ring (bicyclic) bond motifs is 3. The molecule has 2 heterocycles. The van der Waals surface area contributed by atoms with E-state index >= 15 is 0 Å². The van der Waals surface area contributed by atoms with E-state index in [4.69, 9.17) is 9.50 Å². The van der Waals surface area contributed by atoms with E-state index in [0.717, 1.165) is 49.1 Å². The van der Waals surface area contributed by atoms with Gasteiger partial charge < -0.3 is 9.30 Å². The smallest absolute Gasteiger partial charge is 0.202 e. The molecule has 5 rings (SSSR count). The fourth-order valence-electron chi connectivity index (χ4n) is 4.74. The number of hydrogen-bond acceptors (Lipinski definition) is 5. The van der Waals surface area contributed by atoms with Gasteiger partial charge in [-0.2, -0.15) is 0 Å². The first kappa shape index (κ1) is 26.2. The molecular weight excluding hydrogens is 511 g/mol. The molecule has 0 radical (unpaired) electrons. The van der Waals surface area contributed by atoms with Crippen LogP contribution in [0.4, 0.5) is 0 Å². The number of ether oxygens (including phenoxy) is 1. The minimum absolute atomic E-state index is 0.0260. The summed E-state index contributed by atoms with van der Waals surface area (Å²) >= 11 is 1.45. The average molecular weight is 541 g/mol. The predicted octanol–water partition coefficient (Wildman–Crippen LogP) is 7.41. The molecule has 0 saturated heterocycles. The lowest BCUT2D eigenvalue weighted by Crippen LogP contribution is -2.07. The number of carbonyl (C=O) groups is 2. The molecule has 1 atom stereocenters. The molecule has 0 aliphatic rings. The van der Waals surface area contributed by atoms with Crippen LogP contribution in [0.3, 0.4) is 0 Å². The summed E-state index contributed by atoms with van der Waals surface area (Å²) in [4.78, 5) is 25.8. The predicted molar refractivity (Wildman–Crippen MR) is 160 cm³/mol. The summed E-state index contributed by atoms with van der Waals surface area (Å²) in [6.07, 6.45) is 0. The molecule has 0 aliphatic carbocycles. The first-order valence-corrected chi connectivity index (χ1v) is 14.4. The number of carbonyl (C=O) groups excluding carboxylic acids is 2. The van der Waals surface area contributed by atoms with Crippen LogP contribution in [0.2, 0.25) is 0 Å². The number of aryl methyl sites for hydroxylation is 1. The Balaban J connectivity index is 1.71. The Bertz CT molecular complexity index is 1670. The van der Waals surface area contributed by atoms with Crippen LogP contribution in [0.25, 0.3) is 21.8 Å². The van der Waals surface area contributed by atoms with E-state index in [9.17, 15) is 9.59 Å². The van der Waals surface area contributed by atoms with Crippen LogP contribution >= 0.6 is 20.1 Å². The highest BCUT2D eigenvalue weighted by Crippen LogP contribution is 2.33. The van der Waals surface area contributed by atoms with Crippen LogP contribution in [0.1, 0.15) is 45.8 Å². The molecule has 3 aromatic carbocycles. The van der Waals surface area contributed by atoms with E-state index in [1.165, 1.54) is 11.3 Å². The second-order valence-electron chi connectivity index (χ2n) is 9.06. The Morgan fingerprint density at radius 1 is 0.947 bits per heavy atom. The maximum absolute atomic E-state index is 13.2. The zero-order valence-corrected chi connectivity index (χ0v) is 23.5. The van der Waals surface area contributed by atoms with Crippen molar-refractivity contribution in [1.29, 1.82) is 0 Å². The zero-order chi connectivity index (χ0) is 26.6. The van der Waals surface area contributed by atoms with E-state index in [-0.39, 0.29) is 20.0 Å². The summed E-state index contributed by atoms with van der Waals surface area (Å²) in [7, 11) is -0.155. The summed E-state index contributed by atoms with van der Waals surface area (Å²) in [5.41, 5.74) is 6.69. The van der Waals surface area contributed by atoms with Gasteiger partial charge >= 0.3 is 0 Å². The second-order valence-corrected chi connectivity index (χ2v) is 11.2. The van der Waals surface area contributed by atoms with E-state index < -0.39 is 0 Å². The van der Waals surface area contributed by atoms with Crippen molar-refractivity contribution < 1.29 is 14.3 Å². The molecule has 38 heavy (non-hydrogen) atoms. The fourth-order valence-corrected chi connectivity index (χ4v) is 5.94. The van der Waals surface area contributed by atoms with Crippen LogP contribution in [0.15, 0.2) is 82.9 Å². The van der Waals surface area contributed by atoms with Crippen molar-refractivity contribution in [2.75, 3.05) is 13.2 Å². The third-order valence-corrected chi connectivity index (χ3v) is 8.05. The normalized spacial score (nSPS) is 12.2. The van der Waals surface area contributed by atoms with E-state index in [0.29, 0.717) is 25.3 Å². The van der Waals surface area contributed by atoms with Crippen LogP contribution in [0.5, 0.6) is 0 Å². The highest BCUT2D eigenvalue weighted by molar-refractivity contribution is 7.56. The molecule has 1 unspecified atom stereocenters. The molecule has 0 bridgehead atoms. The van der Waals surface area contributed by atoms with Crippen molar-refractivity contribution in [3.8, 4) is 0 Å². The van der Waals surface area contributed by atoms with Crippen molar-refractivity contribution in [2.24, 2.45) is 4.76 Å². The Kier molecular flexibility index (Phi) is 7.94. The number of nitrogens with zero attached hydrogens (tertiary/aromatic N) is 2. The number of ketones is 1. The molecule has 0 spiro atoms. The van der Waals surface area contributed by atoms with Gasteiger partial charge in [-0.3, -0.25) is 14.4 Å². The van der Waals surface area contributed by atoms with Gasteiger partial charge in [-0.25, -0.2) is 0 Å². The molecule has 0 fully saturated rings. The number of thiophene rings is 1. The van der Waals surface area contributed by atoms with Crippen molar-refractivity contribution in [2.45, 2.75) is 27.3 Å². The van der Waals surface area contributed by atoms with Crippen molar-refractivity contribution in [3.63, 3.8) is 0 Å². The lowest BCUT2D eigenvalue weighted by atomic mass is 9.97. The van der Waals surface area contributed by atoms with Gasteiger partial charge in [-0.15, -0.1) is 11.3 Å². The van der Waals surface area contributed by atoms with Gasteiger partial charge in [0, 0.05) is 58.6 Å². The summed E-state index contributed by atoms with van der Waals surface area (Å²) in [5, 5.41) is 3.98. The van der Waals surface area contributed by atoms with Crippen LogP contribution < -0.4 is 0 Å². The van der Waals surface area contributed by atoms with E-state index in [2.05, 4.69) is 35.8 Å². The topological polar surface area (TPSA) is 60.7 Å². The van der Waals surface area contributed by atoms with Gasteiger partial charge in [0.05, 0.1) is 25.9 Å². The van der Waals surface area contributed by atoms with Crippen LogP contribution in [-0.2, 0) is 16.1 Å². The second kappa shape index (κ2) is 11.5. The zero-order valence-electron chi connectivity index (χ0n) is 21.7. The Labute approximate surface area is 228 Å². The Morgan fingerprint density at radius 3 is 2.32 bits per heavy atom. The molecule has 192 valence electrons. The SMILES string of the molecule is CCOCCn1c2ccc(C(=O)c3cccs3)cc2c2cc(C(=NPC(C)=O)c3ccccc3C)ccc21. The van der Waals surface area contributed by atoms with Crippen molar-refractivity contribution >= 4 is 58.9 Å². The lowest BCUT2D eigenvalue weighted by molar-refractivity contribution is -0.109. The van der Waals surface area contributed by atoms with Gasteiger partial charge in [0.1, 0.15) is 0 Å². The minimum atomic E-state index is -0.155. The lowest BCUT2D eigenvalue weighted by Gasteiger charge is -2.11. The quantitative estimate of drug-likeness (QED) is 0.0802. The monoisotopic (exact) mass is 540 g/mol. The highest BCUT2D eigenvalue weighted by Gasteiger charge is 2.18. The van der Waals surface area contributed by atoms with Crippen molar-refractivity contribution in [1.82, 2.24) is 4.57 Å². The summed E-state index contributed by atoms with van der Waals surface area (Å²) in [5.74, 6) is 0.0260. The first-order chi connectivity index (χ1) is 18.5. The molecule has 0 amide bonds. The molecule has 7 heteroatoms. The number of rotatable bonds is 10. The largest absolute Gasteiger partial charge is 0.380 e. The standard InChI is InChI=1S/C31H29N2O3PS/c1-4-36-16-15-33-27-13-11-22(30(32-37-21(3)34)24-9-6-5-8-20(24)2)18-25(27)26-19-23(12-14-28(26)33)31(35)29-10-7-17-38-29/h5-14,17-19,37H,4,15-16H2,1-3H3. The van der Waals surface area contributed by atoms with Crippen LogP contribution in [0, 0.1) is 6.92 Å². The summed E-state index contributed by atoms with van der Waals surface area (Å²) in [6, 6.07) is 24.2. The van der Waals surface area contributed by atoms with E-state index in [1.807, 2.05) is 60.8 Å². The molecule has 0 aliphatic heterocycles. The maximum atomic E-state index is 13.2. The minimum Gasteiger partial charge on any atom is -0.380 e. The third kappa shape index (κ3) is 5.25. The molecule has 0 saturated carbocycles. The van der Waals surface area contributed by atoms with Gasteiger partial charge in [0.2, 0.25) is 5.78 Å². The van der Waals surface area contributed by atoms with Gasteiger partial charge in [0.15, 0.2) is 5.52 Å². The first-order valence-electron chi connectivity index (χ1n) is 12.6. The van der Waals surface area contributed by atoms with Gasteiger partial charge in [-0.05, 0) is 61.2 Å². The summed E-state index contributed by atoms with van der Waals surface area (Å²) < 4.78 is 12.7. The van der Waals surface area contributed by atoms with Crippen LogP contribution in [-0.4, -0.2) is 34.8 Å². The number of hydrogen-bond donors (Lipinski definition) is 0. The molecule has 5 aromatic rings.